The van der Waals surface area contributed by atoms with E-state index in [0.29, 0.717) is 35.5 Å². The van der Waals surface area contributed by atoms with Gasteiger partial charge in [-0.2, -0.15) is 0 Å². The third-order valence-corrected chi connectivity index (χ3v) is 15.5. The molecule has 0 saturated carbocycles. The van der Waals surface area contributed by atoms with E-state index in [2.05, 4.69) is 289 Å². The predicted octanol–water partition coefficient (Wildman–Crippen LogP) is 25.1. The van der Waals surface area contributed by atoms with Gasteiger partial charge in [-0.3, -0.25) is 9.98 Å². The molecule has 0 atom stereocenters. The van der Waals surface area contributed by atoms with Gasteiger partial charge in [0.25, 0.3) is 0 Å². The molecular formula is C78H122N6. The monoisotopic (exact) mass is 1140 g/mol. The lowest BCUT2D eigenvalue weighted by Gasteiger charge is -2.19. The van der Waals surface area contributed by atoms with Gasteiger partial charge >= 0.3 is 0 Å². The smallest absolute Gasteiger partial charge is 0.109 e. The van der Waals surface area contributed by atoms with Crippen molar-refractivity contribution in [1.82, 2.24) is 19.9 Å². The molecule has 6 nitrogen and oxygen atoms in total. The number of H-pyrrole nitrogens is 3. The highest BCUT2D eigenvalue weighted by molar-refractivity contribution is 5.98. The molecule has 0 fully saturated rings. The highest BCUT2D eigenvalue weighted by Gasteiger charge is 2.28. The van der Waals surface area contributed by atoms with Gasteiger partial charge in [-0.15, -0.1) is 0 Å². The van der Waals surface area contributed by atoms with E-state index in [1.54, 1.807) is 0 Å². The van der Waals surface area contributed by atoms with Crippen LogP contribution < -0.4 is 0 Å². The molecule has 0 unspecified atom stereocenters. The molecule has 2 aliphatic rings. The number of benzene rings is 5. The minimum Gasteiger partial charge on any atom is -0.358 e. The molecule has 5 heterocycles. The molecule has 0 amide bonds. The standard InChI is InChI=1S/2C16H23N.2C14H19N.C13H18N2.5CH4/c2*1-15(2,3)12-8-7-11-9-14(16(4,5)6)17-13(11)10-12;2*1-9(2)11-5-6-12-8-13(10(3)4)15-14(12)7-11;1-8(2)10-5-6-11-12(7-10)15-13(14-11)9(3)4;;;;;/h2*7-8,10H,9H2,1-6H3;2*5-10,15H,1-4H3;5-9H,1-4H3,(H,14,15);5*1H4. The van der Waals surface area contributed by atoms with Crippen LogP contribution in [0.1, 0.15) is 295 Å². The van der Waals surface area contributed by atoms with Crippen molar-refractivity contribution in [3.05, 3.63) is 159 Å². The van der Waals surface area contributed by atoms with Crippen molar-refractivity contribution < 1.29 is 0 Å². The van der Waals surface area contributed by atoms with Gasteiger partial charge in [-0.25, -0.2) is 4.98 Å². The van der Waals surface area contributed by atoms with E-state index >= 15 is 0 Å². The Hall–Kier alpha value is -6.01. The third kappa shape index (κ3) is 19.8. The first-order valence-electron chi connectivity index (χ1n) is 29.8. The Morgan fingerprint density at radius 1 is 0.345 bits per heavy atom. The molecule has 3 N–H and O–H groups in total. The van der Waals surface area contributed by atoms with E-state index in [1.165, 1.54) is 94.9 Å². The van der Waals surface area contributed by atoms with Crippen molar-refractivity contribution in [3.8, 4) is 0 Å². The van der Waals surface area contributed by atoms with Crippen molar-refractivity contribution in [3.63, 3.8) is 0 Å². The van der Waals surface area contributed by atoms with Crippen LogP contribution in [-0.4, -0.2) is 31.4 Å². The van der Waals surface area contributed by atoms with Gasteiger partial charge in [-0.05, 0) is 139 Å². The van der Waals surface area contributed by atoms with E-state index in [9.17, 15) is 0 Å². The minimum atomic E-state index is 0. The quantitative estimate of drug-likeness (QED) is 0.152. The van der Waals surface area contributed by atoms with Crippen LogP contribution in [0.2, 0.25) is 0 Å². The van der Waals surface area contributed by atoms with Gasteiger partial charge in [0.15, 0.2) is 0 Å². The second-order valence-corrected chi connectivity index (χ2v) is 28.6. The van der Waals surface area contributed by atoms with Gasteiger partial charge in [-0.1, -0.05) is 258 Å². The number of nitrogens with one attached hydrogen (secondary N) is 3. The maximum Gasteiger partial charge on any atom is 0.109 e. The Labute approximate surface area is 515 Å². The van der Waals surface area contributed by atoms with Crippen molar-refractivity contribution in [2.24, 2.45) is 20.8 Å². The van der Waals surface area contributed by atoms with Crippen LogP contribution in [0.4, 0.5) is 11.4 Å². The van der Waals surface area contributed by atoms with Gasteiger partial charge < -0.3 is 15.0 Å². The fourth-order valence-corrected chi connectivity index (χ4v) is 9.52. The predicted molar refractivity (Wildman–Crippen MR) is 382 cm³/mol. The average Bonchev–Trinajstić information content (AvgIpc) is 4.43. The molecule has 84 heavy (non-hydrogen) atoms. The number of hydrogen-bond acceptors (Lipinski definition) is 3. The molecule has 2 aliphatic heterocycles. The van der Waals surface area contributed by atoms with Crippen LogP contribution in [0.3, 0.4) is 0 Å². The Kier molecular flexibility index (Phi) is 27.5. The van der Waals surface area contributed by atoms with Gasteiger partial charge in [0.1, 0.15) is 5.82 Å². The zero-order valence-electron chi connectivity index (χ0n) is 53.5. The molecule has 0 radical (unpaired) electrons. The Morgan fingerprint density at radius 2 is 0.690 bits per heavy atom. The first kappa shape index (κ1) is 76.0. The number of fused-ring (bicyclic) bond motifs is 5. The molecule has 5 aromatic carbocycles. The lowest BCUT2D eigenvalue weighted by Crippen LogP contribution is -2.19. The maximum atomic E-state index is 4.81. The van der Waals surface area contributed by atoms with Crippen molar-refractivity contribution >= 4 is 55.6 Å². The number of nitrogens with zero attached hydrogens (tertiary/aromatic N) is 3. The molecule has 0 spiro atoms. The summed E-state index contributed by atoms with van der Waals surface area (Å²) in [5.41, 5.74) is 22.8. The summed E-state index contributed by atoms with van der Waals surface area (Å²) in [4.78, 5) is 24.5. The highest BCUT2D eigenvalue weighted by atomic mass is 14.9. The second-order valence-electron chi connectivity index (χ2n) is 28.6. The summed E-state index contributed by atoms with van der Waals surface area (Å²) < 4.78 is 0. The number of aliphatic imine (C=N–C) groups is 2. The lowest BCUT2D eigenvalue weighted by molar-refractivity contribution is 0.584. The molecule has 464 valence electrons. The molecular weight excluding hydrogens is 1020 g/mol. The summed E-state index contributed by atoms with van der Waals surface area (Å²) in [6.45, 7) is 53.4. The van der Waals surface area contributed by atoms with E-state index in [4.69, 9.17) is 9.98 Å². The zero-order chi connectivity index (χ0) is 58.7. The first-order valence-corrected chi connectivity index (χ1v) is 29.8. The highest BCUT2D eigenvalue weighted by Crippen LogP contribution is 2.38. The summed E-state index contributed by atoms with van der Waals surface area (Å²) >= 11 is 0. The number of rotatable bonds is 6. The van der Waals surface area contributed by atoms with Crippen LogP contribution in [0.25, 0.3) is 32.8 Å². The topological polar surface area (TPSA) is 85.0 Å². The van der Waals surface area contributed by atoms with Crippen LogP contribution in [-0.2, 0) is 23.7 Å². The van der Waals surface area contributed by atoms with Crippen LogP contribution in [0, 0.1) is 10.8 Å². The van der Waals surface area contributed by atoms with Crippen LogP contribution >= 0.6 is 0 Å². The Bertz CT molecular complexity index is 3060. The summed E-state index contributed by atoms with van der Waals surface area (Å²) in [7, 11) is 0. The number of aromatic amines is 3. The molecule has 6 heteroatoms. The molecule has 3 aromatic heterocycles. The summed E-state index contributed by atoms with van der Waals surface area (Å²) in [6.07, 6.45) is 2.03. The molecule has 0 bridgehead atoms. The van der Waals surface area contributed by atoms with Crippen LogP contribution in [0.15, 0.2) is 113 Å². The number of aromatic nitrogens is 4. The second kappa shape index (κ2) is 30.4. The van der Waals surface area contributed by atoms with Crippen molar-refractivity contribution in [2.45, 2.75) is 262 Å². The van der Waals surface area contributed by atoms with Crippen molar-refractivity contribution in [1.29, 1.82) is 0 Å². The van der Waals surface area contributed by atoms with Crippen molar-refractivity contribution in [2.75, 3.05) is 0 Å². The lowest BCUT2D eigenvalue weighted by atomic mass is 9.85. The van der Waals surface area contributed by atoms with E-state index in [0.717, 1.165) is 29.7 Å². The third-order valence-electron chi connectivity index (χ3n) is 15.5. The largest absolute Gasteiger partial charge is 0.358 e. The average molecular weight is 1140 g/mol. The van der Waals surface area contributed by atoms with E-state index < -0.39 is 0 Å². The minimum absolute atomic E-state index is 0. The fraction of sp³-hybridized carbons (Fsp3) is 0.526. The Balaban J connectivity index is 0.000000518. The Morgan fingerprint density at radius 3 is 1.00 bits per heavy atom. The maximum absolute atomic E-state index is 4.81. The molecule has 0 aliphatic carbocycles. The molecule has 8 aromatic rings. The van der Waals surface area contributed by atoms with E-state index in [1.807, 2.05) is 0 Å². The van der Waals surface area contributed by atoms with Gasteiger partial charge in [0, 0.05) is 63.4 Å². The first-order chi connectivity index (χ1) is 36.6. The summed E-state index contributed by atoms with van der Waals surface area (Å²) in [6, 6.07) is 37.9. The molecule has 10 rings (SSSR count). The molecule has 0 saturated heterocycles. The SMILES string of the molecule is C.C.C.C.C.CC(C)(C)C1=Nc2cc(C(C)(C)C)ccc2C1.CC(C)(C)C1=Nc2cc(C(C)(C)C)ccc2C1.CC(C)c1ccc2cc(C(C)C)[nH]c2c1.CC(C)c1ccc2cc(C(C)C)[nH]c2c1.CC(C)c1ccc2nc(C(C)C)[nH]c2c1. The van der Waals surface area contributed by atoms with Gasteiger partial charge in [0.2, 0.25) is 0 Å². The summed E-state index contributed by atoms with van der Waals surface area (Å²) in [5, 5.41) is 2.64. The normalized spacial score (nSPS) is 12.7. The number of imidazole rings is 1. The summed E-state index contributed by atoms with van der Waals surface area (Å²) in [5.74, 6) is 4.44. The van der Waals surface area contributed by atoms with Gasteiger partial charge in [0.05, 0.1) is 22.4 Å². The van der Waals surface area contributed by atoms with E-state index in [-0.39, 0.29) is 58.8 Å². The van der Waals surface area contributed by atoms with Crippen LogP contribution in [0.5, 0.6) is 0 Å². The zero-order valence-corrected chi connectivity index (χ0v) is 53.5. The number of hydrogen-bond donors (Lipinski definition) is 3. The fourth-order valence-electron chi connectivity index (χ4n) is 9.52.